The van der Waals surface area contributed by atoms with Crippen LogP contribution in [0.1, 0.15) is 35.4 Å². The van der Waals surface area contributed by atoms with E-state index in [1.54, 1.807) is 0 Å². The number of likely N-dealkylation sites (N-methyl/N-ethyl adjacent to an activating group) is 1. The number of hydrogen-bond donors (Lipinski definition) is 1. The Labute approximate surface area is 205 Å². The summed E-state index contributed by atoms with van der Waals surface area (Å²) in [6.07, 6.45) is 4.68. The van der Waals surface area contributed by atoms with E-state index < -0.39 is 6.04 Å². The zero-order valence-corrected chi connectivity index (χ0v) is 21.4. The molecule has 3 heterocycles. The van der Waals surface area contributed by atoms with Gasteiger partial charge in [-0.3, -0.25) is 9.59 Å². The van der Waals surface area contributed by atoms with Crippen molar-refractivity contribution in [2.24, 2.45) is 11.8 Å². The first-order chi connectivity index (χ1) is 15.8. The highest BCUT2D eigenvalue weighted by Gasteiger charge is 2.33. The molecule has 33 heavy (non-hydrogen) atoms. The first-order valence-electron chi connectivity index (χ1n) is 11.9. The van der Waals surface area contributed by atoms with E-state index in [9.17, 15) is 9.59 Å². The molecule has 1 N–H and O–H groups in total. The van der Waals surface area contributed by atoms with Gasteiger partial charge in [-0.1, -0.05) is 17.7 Å². The zero-order chi connectivity index (χ0) is 23.5. The van der Waals surface area contributed by atoms with Crippen LogP contribution in [0.4, 0.5) is 0 Å². The summed E-state index contributed by atoms with van der Waals surface area (Å²) in [5.74, 6) is 1.34. The molecule has 1 aromatic carbocycles. The molecule has 0 saturated carbocycles. The lowest BCUT2D eigenvalue weighted by Gasteiger charge is -2.40. The maximum absolute atomic E-state index is 13.4. The van der Waals surface area contributed by atoms with Crippen molar-refractivity contribution in [3.8, 4) is 0 Å². The first-order valence-corrected chi connectivity index (χ1v) is 13.1. The van der Waals surface area contributed by atoms with Crippen LogP contribution in [0.3, 0.4) is 0 Å². The molecular formula is C25H35ClN4O2S. The normalized spacial score (nSPS) is 19.8. The van der Waals surface area contributed by atoms with Gasteiger partial charge in [-0.2, -0.15) is 0 Å². The first kappa shape index (κ1) is 24.5. The molecule has 0 unspecified atom stereocenters. The second-order valence-electron chi connectivity index (χ2n) is 9.88. The fourth-order valence-electron chi connectivity index (χ4n) is 5.21. The Bertz CT molecular complexity index is 978. The number of rotatable bonds is 6. The largest absolute Gasteiger partial charge is 0.341 e. The van der Waals surface area contributed by atoms with E-state index in [0.29, 0.717) is 16.4 Å². The van der Waals surface area contributed by atoms with Gasteiger partial charge in [0.15, 0.2) is 0 Å². The molecule has 0 radical (unpaired) electrons. The summed E-state index contributed by atoms with van der Waals surface area (Å²) in [6.45, 7) is 4.43. The molecule has 2 aromatic rings. The van der Waals surface area contributed by atoms with E-state index in [1.807, 2.05) is 48.2 Å². The quantitative estimate of drug-likeness (QED) is 0.669. The molecule has 6 nitrogen and oxygen atoms in total. The molecule has 2 amide bonds. The van der Waals surface area contributed by atoms with Crippen LogP contribution in [0.5, 0.6) is 0 Å². The number of carbonyl (C=O) groups is 2. The predicted octanol–water partition coefficient (Wildman–Crippen LogP) is 3.80. The van der Waals surface area contributed by atoms with Crippen molar-refractivity contribution in [3.63, 3.8) is 0 Å². The van der Waals surface area contributed by atoms with Gasteiger partial charge >= 0.3 is 0 Å². The number of thiophene rings is 1. The number of halogens is 1. The Morgan fingerprint density at radius 2 is 1.73 bits per heavy atom. The second-order valence-corrected chi connectivity index (χ2v) is 11.4. The Kier molecular flexibility index (Phi) is 7.95. The van der Waals surface area contributed by atoms with Gasteiger partial charge in [-0.15, -0.1) is 11.3 Å². The van der Waals surface area contributed by atoms with Gasteiger partial charge in [0.05, 0.1) is 4.88 Å². The third-order valence-electron chi connectivity index (χ3n) is 7.14. The fourth-order valence-corrected chi connectivity index (χ4v) is 6.45. The summed E-state index contributed by atoms with van der Waals surface area (Å²) in [7, 11) is 6.06. The molecule has 1 atom stereocenters. The van der Waals surface area contributed by atoms with E-state index in [-0.39, 0.29) is 11.8 Å². The van der Waals surface area contributed by atoms with Crippen LogP contribution in [-0.2, 0) is 4.79 Å². The summed E-state index contributed by atoms with van der Waals surface area (Å²) < 4.78 is 0.971. The number of carbonyl (C=O) groups excluding carboxylic acids is 2. The van der Waals surface area contributed by atoms with Gasteiger partial charge in [-0.05, 0) is 95.3 Å². The highest BCUT2D eigenvalue weighted by molar-refractivity contribution is 7.20. The topological polar surface area (TPSA) is 55.9 Å². The highest BCUT2D eigenvalue weighted by atomic mass is 35.5. The minimum absolute atomic E-state index is 0.0306. The van der Waals surface area contributed by atoms with E-state index in [1.165, 1.54) is 37.3 Å². The standard InChI is InChI=1S/C25H35ClN4O2S/c1-28(2)16-21(27-24(31)23-14-19-4-5-20(26)15-22(19)33-23)25(32)30-12-8-18(9-13-30)17-6-10-29(3)11-7-17/h4-5,14-15,17-18,21H,6-13,16H2,1-3H3,(H,27,31)/t21-/m1/s1. The van der Waals surface area contributed by atoms with Crippen molar-refractivity contribution in [3.05, 3.63) is 34.2 Å². The Hall–Kier alpha value is -1.67. The van der Waals surface area contributed by atoms with Crippen molar-refractivity contribution < 1.29 is 9.59 Å². The number of amides is 2. The minimum atomic E-state index is -0.554. The summed E-state index contributed by atoms with van der Waals surface area (Å²) in [5, 5.41) is 4.66. The van der Waals surface area contributed by atoms with Gasteiger partial charge in [-0.25, -0.2) is 0 Å². The number of nitrogens with one attached hydrogen (secondary N) is 1. The lowest BCUT2D eigenvalue weighted by Crippen LogP contribution is -2.54. The molecule has 0 bridgehead atoms. The van der Waals surface area contributed by atoms with Crippen molar-refractivity contribution in [1.29, 1.82) is 0 Å². The number of hydrogen-bond acceptors (Lipinski definition) is 5. The average molecular weight is 491 g/mol. The number of likely N-dealkylation sites (tertiary alicyclic amines) is 2. The fraction of sp³-hybridized carbons (Fsp3) is 0.600. The van der Waals surface area contributed by atoms with E-state index >= 15 is 0 Å². The monoisotopic (exact) mass is 490 g/mol. The SMILES string of the molecule is CN(C)C[C@@H](NC(=O)c1cc2ccc(Cl)cc2s1)C(=O)N1CCC(C2CCN(C)CC2)CC1. The molecule has 2 aliphatic heterocycles. The molecule has 180 valence electrons. The maximum Gasteiger partial charge on any atom is 0.262 e. The van der Waals surface area contributed by atoms with E-state index in [4.69, 9.17) is 11.6 Å². The van der Waals surface area contributed by atoms with Crippen molar-refractivity contribution in [2.45, 2.75) is 31.7 Å². The molecule has 8 heteroatoms. The van der Waals surface area contributed by atoms with E-state index in [0.717, 1.165) is 47.9 Å². The third kappa shape index (κ3) is 6.07. The second kappa shape index (κ2) is 10.7. The van der Waals surface area contributed by atoms with Crippen LogP contribution in [0.2, 0.25) is 5.02 Å². The summed E-state index contributed by atoms with van der Waals surface area (Å²) in [5.41, 5.74) is 0. The number of fused-ring (bicyclic) bond motifs is 1. The molecule has 2 saturated heterocycles. The molecule has 0 spiro atoms. The Morgan fingerprint density at radius 3 is 2.36 bits per heavy atom. The molecule has 4 rings (SSSR count). The van der Waals surface area contributed by atoms with Crippen LogP contribution in [0, 0.1) is 11.8 Å². The Balaban J connectivity index is 1.38. The van der Waals surface area contributed by atoms with Crippen LogP contribution in [0.25, 0.3) is 10.1 Å². The molecule has 2 aliphatic rings. The highest BCUT2D eigenvalue weighted by Crippen LogP contribution is 2.32. The number of piperidine rings is 2. The van der Waals surface area contributed by atoms with Crippen molar-refractivity contribution in [1.82, 2.24) is 20.0 Å². The van der Waals surface area contributed by atoms with Gasteiger partial charge in [0, 0.05) is 29.4 Å². The molecule has 0 aliphatic carbocycles. The van der Waals surface area contributed by atoms with Gasteiger partial charge in [0.2, 0.25) is 5.91 Å². The van der Waals surface area contributed by atoms with Gasteiger partial charge < -0.3 is 20.0 Å². The van der Waals surface area contributed by atoms with Crippen LogP contribution in [-0.4, -0.2) is 86.4 Å². The number of nitrogens with zero attached hydrogens (tertiary/aromatic N) is 3. The van der Waals surface area contributed by atoms with Crippen LogP contribution >= 0.6 is 22.9 Å². The van der Waals surface area contributed by atoms with Crippen molar-refractivity contribution >= 4 is 44.8 Å². The average Bonchev–Trinajstić information content (AvgIpc) is 3.22. The van der Waals surface area contributed by atoms with Gasteiger partial charge in [0.25, 0.3) is 5.91 Å². The molecular weight excluding hydrogens is 456 g/mol. The van der Waals surface area contributed by atoms with Crippen LogP contribution < -0.4 is 5.32 Å². The smallest absolute Gasteiger partial charge is 0.262 e. The summed E-state index contributed by atoms with van der Waals surface area (Å²) >= 11 is 7.50. The maximum atomic E-state index is 13.4. The number of benzene rings is 1. The zero-order valence-electron chi connectivity index (χ0n) is 19.8. The third-order valence-corrected chi connectivity index (χ3v) is 8.47. The predicted molar refractivity (Wildman–Crippen MR) is 136 cm³/mol. The Morgan fingerprint density at radius 1 is 1.09 bits per heavy atom. The van der Waals surface area contributed by atoms with Crippen LogP contribution in [0.15, 0.2) is 24.3 Å². The van der Waals surface area contributed by atoms with Gasteiger partial charge in [0.1, 0.15) is 6.04 Å². The van der Waals surface area contributed by atoms with E-state index in [2.05, 4.69) is 17.3 Å². The minimum Gasteiger partial charge on any atom is -0.341 e. The molecule has 1 aromatic heterocycles. The summed E-state index contributed by atoms with van der Waals surface area (Å²) in [4.78, 5) is 33.4. The summed E-state index contributed by atoms with van der Waals surface area (Å²) in [6, 6.07) is 6.93. The lowest BCUT2D eigenvalue weighted by molar-refractivity contribution is -0.135. The molecule has 2 fully saturated rings. The lowest BCUT2D eigenvalue weighted by atomic mass is 9.79. The van der Waals surface area contributed by atoms with Crippen molar-refractivity contribution in [2.75, 3.05) is 53.9 Å².